The molecule has 17 heavy (non-hydrogen) atoms. The Bertz CT molecular complexity index is 622. The van der Waals surface area contributed by atoms with Crippen molar-refractivity contribution in [2.45, 2.75) is 6.61 Å². The molecule has 0 amide bonds. The highest BCUT2D eigenvalue weighted by Gasteiger charge is 2.01. The van der Waals surface area contributed by atoms with Gasteiger partial charge in [-0.25, -0.2) is 0 Å². The van der Waals surface area contributed by atoms with Crippen molar-refractivity contribution in [3.05, 3.63) is 48.7 Å². The van der Waals surface area contributed by atoms with Gasteiger partial charge in [-0.1, -0.05) is 23.4 Å². The summed E-state index contributed by atoms with van der Waals surface area (Å²) in [5.41, 5.74) is 0.944. The first-order valence-corrected chi connectivity index (χ1v) is 5.15. The van der Waals surface area contributed by atoms with Gasteiger partial charge in [0.15, 0.2) is 6.61 Å². The molecule has 5 heteroatoms. The van der Waals surface area contributed by atoms with Crippen LogP contribution in [0, 0.1) is 0 Å². The van der Waals surface area contributed by atoms with Crippen molar-refractivity contribution in [3.8, 4) is 5.75 Å². The van der Waals surface area contributed by atoms with Crippen molar-refractivity contribution in [3.63, 3.8) is 0 Å². The van der Waals surface area contributed by atoms with Crippen LogP contribution in [-0.4, -0.2) is 15.1 Å². The summed E-state index contributed by atoms with van der Waals surface area (Å²) in [6.45, 7) is 0.274. The molecule has 0 atom stereocenters. The largest absolute Gasteiger partial charge is 0.484 e. The molecule has 0 saturated heterocycles. The number of para-hydroxylation sites is 1. The van der Waals surface area contributed by atoms with E-state index in [-0.39, 0.29) is 6.61 Å². The molecule has 2 aromatic heterocycles. The van der Waals surface area contributed by atoms with E-state index in [1.807, 2.05) is 30.3 Å². The fourth-order valence-electron chi connectivity index (χ4n) is 1.53. The molecule has 0 saturated carbocycles. The minimum Gasteiger partial charge on any atom is -0.484 e. The Morgan fingerprint density at radius 3 is 3.00 bits per heavy atom. The van der Waals surface area contributed by atoms with Crippen molar-refractivity contribution in [2.75, 3.05) is 0 Å². The van der Waals surface area contributed by atoms with Gasteiger partial charge in [-0.05, 0) is 12.1 Å². The fourth-order valence-corrected chi connectivity index (χ4v) is 1.53. The van der Waals surface area contributed by atoms with Gasteiger partial charge in [-0.2, -0.15) is 4.98 Å². The minimum absolute atomic E-state index is 0.274. The molecule has 0 unspecified atom stereocenters. The van der Waals surface area contributed by atoms with Gasteiger partial charge in [0.25, 0.3) is 0 Å². The van der Waals surface area contributed by atoms with Crippen molar-refractivity contribution >= 4 is 10.9 Å². The first-order chi connectivity index (χ1) is 8.42. The Morgan fingerprint density at radius 1 is 1.18 bits per heavy atom. The maximum Gasteiger partial charge on any atom is 0.213 e. The second kappa shape index (κ2) is 4.21. The molecule has 0 N–H and O–H groups in total. The second-order valence-corrected chi connectivity index (χ2v) is 3.50. The van der Waals surface area contributed by atoms with Crippen molar-refractivity contribution in [1.29, 1.82) is 0 Å². The standard InChI is InChI=1S/C12H9N3O2/c1-2-4-11-9(3-1)5-10(6-13-11)16-7-12-14-8-17-15-12/h1-6,8H,7H2. The van der Waals surface area contributed by atoms with Crippen molar-refractivity contribution in [1.82, 2.24) is 15.1 Å². The lowest BCUT2D eigenvalue weighted by Crippen LogP contribution is -1.97. The summed E-state index contributed by atoms with van der Waals surface area (Å²) in [5, 5.41) is 4.70. The minimum atomic E-state index is 0.274. The number of nitrogens with zero attached hydrogens (tertiary/aromatic N) is 3. The van der Waals surface area contributed by atoms with Crippen molar-refractivity contribution in [2.24, 2.45) is 0 Å². The van der Waals surface area contributed by atoms with Crippen LogP contribution in [0.3, 0.4) is 0 Å². The highest BCUT2D eigenvalue weighted by Crippen LogP contribution is 2.18. The molecule has 0 aliphatic rings. The Kier molecular flexibility index (Phi) is 2.42. The molecule has 2 heterocycles. The molecule has 0 fully saturated rings. The van der Waals surface area contributed by atoms with Crippen LogP contribution in [0.25, 0.3) is 10.9 Å². The number of pyridine rings is 1. The molecule has 0 bridgehead atoms. The number of fused-ring (bicyclic) bond motifs is 1. The smallest absolute Gasteiger partial charge is 0.213 e. The van der Waals surface area contributed by atoms with Crippen LogP contribution in [0.1, 0.15) is 5.82 Å². The third-order valence-corrected chi connectivity index (χ3v) is 2.34. The normalized spacial score (nSPS) is 10.6. The van der Waals surface area contributed by atoms with Crippen LogP contribution in [0.2, 0.25) is 0 Å². The third-order valence-electron chi connectivity index (χ3n) is 2.34. The molecular formula is C12H9N3O2. The van der Waals surface area contributed by atoms with E-state index in [1.165, 1.54) is 6.39 Å². The Morgan fingerprint density at radius 2 is 2.12 bits per heavy atom. The van der Waals surface area contributed by atoms with E-state index in [2.05, 4.69) is 19.6 Å². The molecule has 0 aliphatic carbocycles. The second-order valence-electron chi connectivity index (χ2n) is 3.50. The number of ether oxygens (including phenoxy) is 1. The molecular weight excluding hydrogens is 218 g/mol. The summed E-state index contributed by atoms with van der Waals surface area (Å²) < 4.78 is 10.1. The zero-order chi connectivity index (χ0) is 11.5. The predicted octanol–water partition coefficient (Wildman–Crippen LogP) is 2.20. The summed E-state index contributed by atoms with van der Waals surface area (Å²) in [4.78, 5) is 8.16. The van der Waals surface area contributed by atoms with E-state index in [1.54, 1.807) is 6.20 Å². The third kappa shape index (κ3) is 2.08. The highest BCUT2D eigenvalue weighted by molar-refractivity contribution is 5.79. The molecule has 0 aliphatic heterocycles. The average Bonchev–Trinajstić information content (AvgIpc) is 2.89. The number of rotatable bonds is 3. The molecule has 3 aromatic rings. The summed E-state index contributed by atoms with van der Waals surface area (Å²) in [6.07, 6.45) is 2.96. The van der Waals surface area contributed by atoms with Gasteiger partial charge in [-0.3, -0.25) is 4.98 Å². The van der Waals surface area contributed by atoms with Gasteiger partial charge >= 0.3 is 0 Å². The van der Waals surface area contributed by atoms with Gasteiger partial charge in [-0.15, -0.1) is 0 Å². The number of hydrogen-bond acceptors (Lipinski definition) is 5. The summed E-state index contributed by atoms with van der Waals surface area (Å²) >= 11 is 0. The highest BCUT2D eigenvalue weighted by atomic mass is 16.5. The molecule has 5 nitrogen and oxygen atoms in total. The van der Waals surface area contributed by atoms with Crippen LogP contribution in [-0.2, 0) is 6.61 Å². The quantitative estimate of drug-likeness (QED) is 0.686. The monoisotopic (exact) mass is 227 g/mol. The topological polar surface area (TPSA) is 61.0 Å². The van der Waals surface area contributed by atoms with Crippen LogP contribution < -0.4 is 4.74 Å². The van der Waals surface area contributed by atoms with E-state index in [0.717, 1.165) is 10.9 Å². The lowest BCUT2D eigenvalue weighted by molar-refractivity contribution is 0.286. The van der Waals surface area contributed by atoms with Gasteiger partial charge in [0.2, 0.25) is 12.2 Å². The van der Waals surface area contributed by atoms with Crippen molar-refractivity contribution < 1.29 is 9.26 Å². The van der Waals surface area contributed by atoms with Gasteiger partial charge in [0.05, 0.1) is 11.7 Å². The zero-order valence-corrected chi connectivity index (χ0v) is 8.91. The average molecular weight is 227 g/mol. The van der Waals surface area contributed by atoms with E-state index < -0.39 is 0 Å². The summed E-state index contributed by atoms with van der Waals surface area (Å²) in [5.74, 6) is 1.20. The van der Waals surface area contributed by atoms with Gasteiger partial charge in [0.1, 0.15) is 5.75 Å². The van der Waals surface area contributed by atoms with Gasteiger partial charge in [0, 0.05) is 5.39 Å². The maximum absolute atomic E-state index is 5.51. The van der Waals surface area contributed by atoms with Crippen LogP contribution in [0.4, 0.5) is 0 Å². The van der Waals surface area contributed by atoms with E-state index >= 15 is 0 Å². The summed E-state index contributed by atoms with van der Waals surface area (Å²) in [7, 11) is 0. The SMILES string of the molecule is c1ccc2ncc(OCc3ncon3)cc2c1. The molecule has 3 rings (SSSR count). The van der Waals surface area contributed by atoms with E-state index in [9.17, 15) is 0 Å². The Balaban J connectivity index is 1.81. The zero-order valence-electron chi connectivity index (χ0n) is 8.91. The lowest BCUT2D eigenvalue weighted by atomic mass is 10.2. The van der Waals surface area contributed by atoms with E-state index in [4.69, 9.17) is 4.74 Å². The fraction of sp³-hybridized carbons (Fsp3) is 0.0833. The lowest BCUT2D eigenvalue weighted by Gasteiger charge is -2.03. The van der Waals surface area contributed by atoms with E-state index in [0.29, 0.717) is 11.6 Å². The van der Waals surface area contributed by atoms with Crippen LogP contribution >= 0.6 is 0 Å². The Labute approximate surface area is 97.1 Å². The Hall–Kier alpha value is -2.43. The molecule has 0 spiro atoms. The van der Waals surface area contributed by atoms with Gasteiger partial charge < -0.3 is 9.26 Å². The summed E-state index contributed by atoms with van der Waals surface area (Å²) in [6, 6.07) is 9.80. The number of aromatic nitrogens is 3. The molecule has 1 aromatic carbocycles. The predicted molar refractivity (Wildman–Crippen MR) is 60.4 cm³/mol. The maximum atomic E-state index is 5.51. The molecule has 84 valence electrons. The molecule has 0 radical (unpaired) electrons. The first kappa shape index (κ1) is 9.77. The number of hydrogen-bond donors (Lipinski definition) is 0. The van der Waals surface area contributed by atoms with Crippen LogP contribution in [0.5, 0.6) is 5.75 Å². The van der Waals surface area contributed by atoms with Crippen LogP contribution in [0.15, 0.2) is 47.4 Å². The first-order valence-electron chi connectivity index (χ1n) is 5.15. The number of benzene rings is 1.